The Labute approximate surface area is 207 Å². The number of hydrogen-bond acceptors (Lipinski definition) is 6. The van der Waals surface area contributed by atoms with Gasteiger partial charge in [0.1, 0.15) is 5.75 Å². The predicted octanol–water partition coefficient (Wildman–Crippen LogP) is 3.96. The number of anilines is 2. The summed E-state index contributed by atoms with van der Waals surface area (Å²) in [4.78, 5) is 11.8. The lowest BCUT2D eigenvalue weighted by molar-refractivity contribution is 0.0960. The quantitative estimate of drug-likeness (QED) is 0.394. The Morgan fingerprint density at radius 2 is 1.29 bits per heavy atom. The first kappa shape index (κ1) is 25.6. The number of amides is 1. The molecule has 34 heavy (non-hydrogen) atoms. The molecule has 3 aromatic carbocycles. The van der Waals surface area contributed by atoms with Gasteiger partial charge in [-0.15, -0.1) is 0 Å². The topological polar surface area (TPSA) is 131 Å². The summed E-state index contributed by atoms with van der Waals surface area (Å²) in [6, 6.07) is 13.1. The molecular weight excluding hydrogens is 525 g/mol. The second-order valence-electron chi connectivity index (χ2n) is 6.83. The number of sulfonamides is 2. The van der Waals surface area contributed by atoms with Crippen LogP contribution in [0.1, 0.15) is 10.4 Å². The van der Waals surface area contributed by atoms with E-state index in [4.69, 9.17) is 27.9 Å². The third-order valence-electron chi connectivity index (χ3n) is 4.48. The number of carbonyl (C=O) groups is 1. The van der Waals surface area contributed by atoms with Crippen molar-refractivity contribution < 1.29 is 26.4 Å². The Morgan fingerprint density at radius 3 is 1.85 bits per heavy atom. The van der Waals surface area contributed by atoms with Crippen LogP contribution in [0.2, 0.25) is 10.0 Å². The van der Waals surface area contributed by atoms with Gasteiger partial charge in [-0.2, -0.15) is 0 Å². The molecule has 0 aromatic heterocycles. The highest BCUT2D eigenvalue weighted by molar-refractivity contribution is 7.93. The van der Waals surface area contributed by atoms with Crippen LogP contribution in [-0.4, -0.2) is 36.9 Å². The highest BCUT2D eigenvalue weighted by Gasteiger charge is 2.20. The van der Waals surface area contributed by atoms with E-state index in [0.717, 1.165) is 0 Å². The standard InChI is InChI=1S/C21H19Cl2N3O6S2/c1-24-21(27)19-12-18(7-8-20(19)32-2)34(30,31)25-15-3-5-17(6-4-15)33(28,29)26-16-10-13(22)9-14(23)11-16/h3-12,25-26H,1-2H3,(H,24,27). The number of hydrogen-bond donors (Lipinski definition) is 3. The zero-order valence-electron chi connectivity index (χ0n) is 17.8. The number of nitrogens with one attached hydrogen (secondary N) is 3. The Balaban J connectivity index is 1.83. The molecule has 0 aliphatic rings. The number of carbonyl (C=O) groups excluding carboxylic acids is 1. The smallest absolute Gasteiger partial charge is 0.261 e. The third kappa shape index (κ3) is 5.92. The first-order valence-electron chi connectivity index (χ1n) is 9.47. The lowest BCUT2D eigenvalue weighted by Gasteiger charge is -2.13. The van der Waals surface area contributed by atoms with E-state index in [1.54, 1.807) is 0 Å². The van der Waals surface area contributed by atoms with Gasteiger partial charge < -0.3 is 10.1 Å². The van der Waals surface area contributed by atoms with Gasteiger partial charge in [-0.05, 0) is 60.7 Å². The Kier molecular flexibility index (Phi) is 7.61. The zero-order valence-corrected chi connectivity index (χ0v) is 20.9. The van der Waals surface area contributed by atoms with Gasteiger partial charge in [-0.25, -0.2) is 16.8 Å². The molecule has 0 fully saturated rings. The lowest BCUT2D eigenvalue weighted by atomic mass is 10.2. The van der Waals surface area contributed by atoms with E-state index >= 15 is 0 Å². The molecule has 0 unspecified atom stereocenters. The molecule has 1 amide bonds. The maximum atomic E-state index is 12.8. The minimum atomic E-state index is -4.09. The summed E-state index contributed by atoms with van der Waals surface area (Å²) in [5.41, 5.74) is 0.331. The molecule has 0 saturated heterocycles. The molecule has 13 heteroatoms. The van der Waals surface area contributed by atoms with Crippen LogP contribution >= 0.6 is 23.2 Å². The molecule has 3 aromatic rings. The summed E-state index contributed by atoms with van der Waals surface area (Å²) in [6.07, 6.45) is 0. The maximum absolute atomic E-state index is 12.8. The van der Waals surface area contributed by atoms with Gasteiger partial charge in [-0.3, -0.25) is 14.2 Å². The Morgan fingerprint density at radius 1 is 0.765 bits per heavy atom. The summed E-state index contributed by atoms with van der Waals surface area (Å²) in [7, 11) is -5.31. The van der Waals surface area contributed by atoms with Crippen molar-refractivity contribution in [3.63, 3.8) is 0 Å². The van der Waals surface area contributed by atoms with E-state index in [1.807, 2.05) is 0 Å². The molecule has 180 valence electrons. The van der Waals surface area contributed by atoms with Crippen molar-refractivity contribution in [1.82, 2.24) is 5.32 Å². The molecule has 0 radical (unpaired) electrons. The van der Waals surface area contributed by atoms with Gasteiger partial charge >= 0.3 is 0 Å². The molecule has 0 spiro atoms. The van der Waals surface area contributed by atoms with Crippen molar-refractivity contribution in [3.8, 4) is 5.75 Å². The van der Waals surface area contributed by atoms with Gasteiger partial charge in [-0.1, -0.05) is 23.2 Å². The number of halogens is 2. The number of ether oxygens (including phenoxy) is 1. The van der Waals surface area contributed by atoms with Gasteiger partial charge in [0.25, 0.3) is 26.0 Å². The van der Waals surface area contributed by atoms with Crippen molar-refractivity contribution in [2.24, 2.45) is 0 Å². The molecule has 0 atom stereocenters. The summed E-state index contributed by atoms with van der Waals surface area (Å²) in [5, 5.41) is 2.93. The normalized spacial score (nSPS) is 11.5. The Bertz CT molecular complexity index is 1420. The molecule has 3 N–H and O–H groups in total. The summed E-state index contributed by atoms with van der Waals surface area (Å²) in [6.45, 7) is 0. The number of rotatable bonds is 8. The van der Waals surface area contributed by atoms with E-state index in [9.17, 15) is 21.6 Å². The van der Waals surface area contributed by atoms with Crippen LogP contribution in [0.15, 0.2) is 70.5 Å². The zero-order chi connectivity index (χ0) is 25.1. The van der Waals surface area contributed by atoms with Crippen LogP contribution < -0.4 is 19.5 Å². The molecule has 0 bridgehead atoms. The van der Waals surface area contributed by atoms with Crippen LogP contribution in [0.3, 0.4) is 0 Å². The fraction of sp³-hybridized carbons (Fsp3) is 0.0952. The molecule has 0 heterocycles. The Hall–Kier alpha value is -2.99. The lowest BCUT2D eigenvalue weighted by Crippen LogP contribution is -2.20. The highest BCUT2D eigenvalue weighted by Crippen LogP contribution is 2.27. The minimum Gasteiger partial charge on any atom is -0.496 e. The fourth-order valence-electron chi connectivity index (χ4n) is 2.91. The van der Waals surface area contributed by atoms with E-state index in [-0.39, 0.29) is 42.5 Å². The van der Waals surface area contributed by atoms with Gasteiger partial charge in [0.2, 0.25) is 0 Å². The van der Waals surface area contributed by atoms with Crippen molar-refractivity contribution >= 4 is 60.5 Å². The molecule has 0 aliphatic carbocycles. The summed E-state index contributed by atoms with van der Waals surface area (Å²) >= 11 is 11.8. The van der Waals surface area contributed by atoms with Crippen LogP contribution in [0.25, 0.3) is 0 Å². The van der Waals surface area contributed by atoms with Crippen LogP contribution in [0.4, 0.5) is 11.4 Å². The highest BCUT2D eigenvalue weighted by atomic mass is 35.5. The predicted molar refractivity (Wildman–Crippen MR) is 131 cm³/mol. The average molecular weight is 544 g/mol. The van der Waals surface area contributed by atoms with Crippen molar-refractivity contribution in [2.75, 3.05) is 23.6 Å². The molecule has 0 saturated carbocycles. The van der Waals surface area contributed by atoms with Crippen molar-refractivity contribution in [2.45, 2.75) is 9.79 Å². The van der Waals surface area contributed by atoms with Gasteiger partial charge in [0.15, 0.2) is 0 Å². The third-order valence-corrected chi connectivity index (χ3v) is 7.70. The number of methoxy groups -OCH3 is 1. The van der Waals surface area contributed by atoms with E-state index in [0.29, 0.717) is 0 Å². The monoisotopic (exact) mass is 543 g/mol. The molecule has 0 aliphatic heterocycles. The largest absolute Gasteiger partial charge is 0.496 e. The maximum Gasteiger partial charge on any atom is 0.261 e. The van der Waals surface area contributed by atoms with Crippen LogP contribution in [-0.2, 0) is 20.0 Å². The minimum absolute atomic E-state index is 0.0431. The van der Waals surface area contributed by atoms with E-state index < -0.39 is 26.0 Å². The first-order chi connectivity index (χ1) is 15.9. The second kappa shape index (κ2) is 10.1. The average Bonchev–Trinajstić information content (AvgIpc) is 2.77. The SMILES string of the molecule is CNC(=O)c1cc(S(=O)(=O)Nc2ccc(S(=O)(=O)Nc3cc(Cl)cc(Cl)c3)cc2)ccc1OC. The van der Waals surface area contributed by atoms with E-state index in [2.05, 4.69) is 14.8 Å². The first-order valence-corrected chi connectivity index (χ1v) is 13.2. The molecular formula is C21H19Cl2N3O6S2. The number of benzene rings is 3. The van der Waals surface area contributed by atoms with Crippen molar-refractivity contribution in [1.29, 1.82) is 0 Å². The van der Waals surface area contributed by atoms with Crippen LogP contribution in [0.5, 0.6) is 5.75 Å². The van der Waals surface area contributed by atoms with Gasteiger partial charge in [0, 0.05) is 22.8 Å². The van der Waals surface area contributed by atoms with Crippen LogP contribution in [0, 0.1) is 0 Å². The summed E-state index contributed by atoms with van der Waals surface area (Å²) in [5.74, 6) is -0.307. The molecule has 3 rings (SSSR count). The fourth-order valence-corrected chi connectivity index (χ4v) is 5.56. The van der Waals surface area contributed by atoms with E-state index in [1.165, 1.54) is 74.8 Å². The van der Waals surface area contributed by atoms with Crippen molar-refractivity contribution in [3.05, 3.63) is 76.3 Å². The van der Waals surface area contributed by atoms with Gasteiger partial charge in [0.05, 0.1) is 28.2 Å². The second-order valence-corrected chi connectivity index (χ2v) is 11.1. The summed E-state index contributed by atoms with van der Waals surface area (Å²) < 4.78 is 60.7. The molecule has 9 nitrogen and oxygen atoms in total.